The van der Waals surface area contributed by atoms with Crippen molar-refractivity contribution in [3.05, 3.63) is 35.4 Å². The Balaban J connectivity index is 1.71. The van der Waals surface area contributed by atoms with Gasteiger partial charge in [0.2, 0.25) is 0 Å². The molecule has 24 heavy (non-hydrogen) atoms. The normalized spacial score (nSPS) is 16.5. The van der Waals surface area contributed by atoms with E-state index in [0.29, 0.717) is 5.41 Å². The predicted molar refractivity (Wildman–Crippen MR) is 102 cm³/mol. The molecule has 2 rings (SSSR count). The summed E-state index contributed by atoms with van der Waals surface area (Å²) in [6.07, 6.45) is 7.18. The number of hydrogen-bond acceptors (Lipinski definition) is 2. The smallest absolute Gasteiger partial charge is 0.191 e. The molecule has 1 saturated carbocycles. The summed E-state index contributed by atoms with van der Waals surface area (Å²) in [7, 11) is 3.63. The van der Waals surface area contributed by atoms with Crippen molar-refractivity contribution in [2.45, 2.75) is 45.4 Å². The second-order valence-corrected chi connectivity index (χ2v) is 6.87. The molecule has 4 nitrogen and oxygen atoms in total. The quantitative estimate of drug-likeness (QED) is 0.540. The molecule has 1 aromatic rings. The molecule has 0 unspecified atom stereocenters. The van der Waals surface area contributed by atoms with Gasteiger partial charge >= 0.3 is 0 Å². The van der Waals surface area contributed by atoms with Gasteiger partial charge in [0.25, 0.3) is 0 Å². The van der Waals surface area contributed by atoms with E-state index < -0.39 is 0 Å². The first-order chi connectivity index (χ1) is 11.7. The molecule has 0 radical (unpaired) electrons. The Kier molecular flexibility index (Phi) is 7.57. The molecule has 0 saturated heterocycles. The number of nitrogens with zero attached hydrogens (tertiary/aromatic N) is 1. The van der Waals surface area contributed by atoms with Crippen molar-refractivity contribution in [1.29, 1.82) is 0 Å². The molecule has 134 valence electrons. The van der Waals surface area contributed by atoms with Gasteiger partial charge in [-0.1, -0.05) is 37.6 Å². The monoisotopic (exact) mass is 331 g/mol. The van der Waals surface area contributed by atoms with Gasteiger partial charge in [0.05, 0.1) is 0 Å². The summed E-state index contributed by atoms with van der Waals surface area (Å²) in [5, 5.41) is 6.94. The topological polar surface area (TPSA) is 45.7 Å². The molecule has 0 spiro atoms. The summed E-state index contributed by atoms with van der Waals surface area (Å²) in [5.74, 6) is 0.906. The minimum atomic E-state index is 0.406. The highest BCUT2D eigenvalue weighted by molar-refractivity contribution is 5.79. The van der Waals surface area contributed by atoms with Gasteiger partial charge in [-0.3, -0.25) is 4.99 Å². The van der Waals surface area contributed by atoms with Crippen LogP contribution in [-0.4, -0.2) is 39.8 Å². The van der Waals surface area contributed by atoms with Crippen molar-refractivity contribution >= 4 is 5.96 Å². The lowest BCUT2D eigenvalue weighted by molar-refractivity contribution is 0.0732. The molecule has 1 fully saturated rings. The van der Waals surface area contributed by atoms with E-state index in [0.717, 1.165) is 44.9 Å². The lowest BCUT2D eigenvalue weighted by Gasteiger charge is -2.42. The molecule has 0 bridgehead atoms. The van der Waals surface area contributed by atoms with Crippen LogP contribution in [0.25, 0.3) is 0 Å². The Hall–Kier alpha value is -1.55. The van der Waals surface area contributed by atoms with Crippen LogP contribution < -0.4 is 10.6 Å². The van der Waals surface area contributed by atoms with E-state index in [2.05, 4.69) is 46.8 Å². The number of aryl methyl sites for hydroxylation is 1. The van der Waals surface area contributed by atoms with Crippen LogP contribution in [-0.2, 0) is 17.6 Å². The zero-order valence-electron chi connectivity index (χ0n) is 15.5. The number of guanidine groups is 1. The Morgan fingerprint density at radius 3 is 2.42 bits per heavy atom. The van der Waals surface area contributed by atoms with Crippen LogP contribution in [0, 0.1) is 5.41 Å². The maximum atomic E-state index is 5.26. The second kappa shape index (κ2) is 9.67. The van der Waals surface area contributed by atoms with E-state index in [1.165, 1.54) is 30.4 Å². The average Bonchev–Trinajstić information content (AvgIpc) is 2.59. The molecular weight excluding hydrogens is 298 g/mol. The Labute approximate surface area is 147 Å². The number of ether oxygens (including phenoxy) is 1. The first-order valence-electron chi connectivity index (χ1n) is 9.22. The molecule has 0 aromatic heterocycles. The van der Waals surface area contributed by atoms with Crippen molar-refractivity contribution in [2.75, 3.05) is 33.9 Å². The van der Waals surface area contributed by atoms with Gasteiger partial charge in [-0.05, 0) is 48.6 Å². The van der Waals surface area contributed by atoms with Crippen LogP contribution in [0.4, 0.5) is 0 Å². The van der Waals surface area contributed by atoms with Gasteiger partial charge in [0.1, 0.15) is 0 Å². The number of aliphatic imine (C=N–C) groups is 1. The second-order valence-electron chi connectivity index (χ2n) is 6.87. The Morgan fingerprint density at radius 1 is 1.17 bits per heavy atom. The van der Waals surface area contributed by atoms with Crippen LogP contribution in [0.5, 0.6) is 0 Å². The largest absolute Gasteiger partial charge is 0.385 e. The fourth-order valence-electron chi connectivity index (χ4n) is 3.27. The van der Waals surface area contributed by atoms with Crippen molar-refractivity contribution in [3.63, 3.8) is 0 Å². The van der Waals surface area contributed by atoms with Gasteiger partial charge in [-0.25, -0.2) is 0 Å². The van der Waals surface area contributed by atoms with E-state index in [9.17, 15) is 0 Å². The minimum absolute atomic E-state index is 0.406. The van der Waals surface area contributed by atoms with E-state index in [-0.39, 0.29) is 0 Å². The summed E-state index contributed by atoms with van der Waals surface area (Å²) in [6, 6.07) is 8.90. The molecule has 1 aromatic carbocycles. The van der Waals surface area contributed by atoms with Gasteiger partial charge < -0.3 is 15.4 Å². The van der Waals surface area contributed by atoms with Gasteiger partial charge in [0.15, 0.2) is 5.96 Å². The zero-order valence-corrected chi connectivity index (χ0v) is 15.5. The maximum absolute atomic E-state index is 5.26. The first kappa shape index (κ1) is 18.8. The van der Waals surface area contributed by atoms with E-state index in [1.54, 1.807) is 7.11 Å². The third kappa shape index (κ3) is 5.52. The summed E-state index contributed by atoms with van der Waals surface area (Å²) < 4.78 is 5.26. The predicted octanol–water partition coefficient (Wildman–Crippen LogP) is 3.16. The Morgan fingerprint density at radius 2 is 1.88 bits per heavy atom. The average molecular weight is 332 g/mol. The molecule has 2 N–H and O–H groups in total. The zero-order chi connectivity index (χ0) is 17.3. The lowest BCUT2D eigenvalue weighted by atomic mass is 9.67. The summed E-state index contributed by atoms with van der Waals surface area (Å²) in [5.41, 5.74) is 3.17. The summed E-state index contributed by atoms with van der Waals surface area (Å²) >= 11 is 0. The maximum Gasteiger partial charge on any atom is 0.191 e. The van der Waals surface area contributed by atoms with E-state index in [4.69, 9.17) is 4.74 Å². The van der Waals surface area contributed by atoms with Crippen molar-refractivity contribution in [3.8, 4) is 0 Å². The van der Waals surface area contributed by atoms with Crippen molar-refractivity contribution in [2.24, 2.45) is 10.4 Å². The summed E-state index contributed by atoms with van der Waals surface area (Å²) in [6.45, 7) is 4.92. The fourth-order valence-corrected chi connectivity index (χ4v) is 3.27. The minimum Gasteiger partial charge on any atom is -0.385 e. The van der Waals surface area contributed by atoms with Crippen LogP contribution in [0.2, 0.25) is 0 Å². The number of hydrogen-bond donors (Lipinski definition) is 2. The van der Waals surface area contributed by atoms with Gasteiger partial charge in [-0.15, -0.1) is 0 Å². The number of rotatable bonds is 9. The van der Waals surface area contributed by atoms with Crippen molar-refractivity contribution < 1.29 is 4.74 Å². The molecule has 0 aliphatic heterocycles. The Bertz CT molecular complexity index is 506. The van der Waals surface area contributed by atoms with Crippen LogP contribution >= 0.6 is 0 Å². The number of nitrogens with one attached hydrogen (secondary N) is 2. The highest BCUT2D eigenvalue weighted by Gasteiger charge is 2.36. The highest BCUT2D eigenvalue weighted by Crippen LogP contribution is 2.43. The molecule has 1 aliphatic carbocycles. The fraction of sp³-hybridized carbons (Fsp3) is 0.650. The number of methoxy groups -OCH3 is 1. The molecule has 0 amide bonds. The summed E-state index contributed by atoms with van der Waals surface area (Å²) in [4.78, 5) is 4.35. The lowest BCUT2D eigenvalue weighted by Crippen LogP contribution is -2.47. The van der Waals surface area contributed by atoms with Gasteiger partial charge in [0, 0.05) is 33.9 Å². The molecular formula is C20H33N3O. The molecule has 1 aliphatic rings. The molecule has 0 atom stereocenters. The molecule has 4 heteroatoms. The standard InChI is InChI=1S/C20H33N3O/c1-4-17-6-8-18(9-7-17)10-14-22-19(21-2)23-16-20(11-5-12-20)13-15-24-3/h6-9H,4-5,10-16H2,1-3H3,(H2,21,22,23). The third-order valence-electron chi connectivity index (χ3n) is 5.24. The highest BCUT2D eigenvalue weighted by atomic mass is 16.5. The number of benzene rings is 1. The molecule has 0 heterocycles. The van der Waals surface area contributed by atoms with Crippen LogP contribution in [0.1, 0.15) is 43.7 Å². The van der Waals surface area contributed by atoms with E-state index >= 15 is 0 Å². The van der Waals surface area contributed by atoms with Crippen LogP contribution in [0.15, 0.2) is 29.3 Å². The van der Waals surface area contributed by atoms with Crippen LogP contribution in [0.3, 0.4) is 0 Å². The first-order valence-corrected chi connectivity index (χ1v) is 9.22. The SMILES string of the molecule is CCc1ccc(CCNC(=NC)NCC2(CCOC)CCC2)cc1. The van der Waals surface area contributed by atoms with E-state index in [1.807, 2.05) is 7.05 Å². The third-order valence-corrected chi connectivity index (χ3v) is 5.24. The van der Waals surface area contributed by atoms with Crippen molar-refractivity contribution in [1.82, 2.24) is 10.6 Å². The van der Waals surface area contributed by atoms with Gasteiger partial charge in [-0.2, -0.15) is 0 Å².